The van der Waals surface area contributed by atoms with E-state index in [0.29, 0.717) is 13.0 Å². The predicted octanol–water partition coefficient (Wildman–Crippen LogP) is 4.08. The van der Waals surface area contributed by atoms with Gasteiger partial charge in [0, 0.05) is 0 Å². The largest absolute Gasteiger partial charge is 0.465 e. The molecule has 3 heteroatoms. The lowest BCUT2D eigenvalue weighted by Gasteiger charge is -2.30. The minimum Gasteiger partial charge on any atom is -0.465 e. The van der Waals surface area contributed by atoms with Crippen molar-refractivity contribution in [1.82, 2.24) is 0 Å². The molecule has 0 saturated carbocycles. The zero-order chi connectivity index (χ0) is 14.3. The van der Waals surface area contributed by atoms with Crippen molar-refractivity contribution in [3.8, 4) is 0 Å². The quantitative estimate of drug-likeness (QED) is 0.427. The van der Waals surface area contributed by atoms with Crippen LogP contribution in [0, 0.1) is 0 Å². The van der Waals surface area contributed by atoms with Crippen molar-refractivity contribution < 1.29 is 9.53 Å². The van der Waals surface area contributed by atoms with Crippen LogP contribution in [0.5, 0.6) is 0 Å². The van der Waals surface area contributed by atoms with Crippen LogP contribution in [0.4, 0.5) is 0 Å². The predicted molar refractivity (Wildman–Crippen MR) is 79.5 cm³/mol. The molecule has 0 saturated heterocycles. The van der Waals surface area contributed by atoms with Crippen molar-refractivity contribution in [2.45, 2.75) is 37.5 Å². The van der Waals surface area contributed by atoms with E-state index in [1.807, 2.05) is 24.3 Å². The summed E-state index contributed by atoms with van der Waals surface area (Å²) in [5.41, 5.74) is 0.951. The average Bonchev–Trinajstić information content (AvgIpc) is 2.40. The van der Waals surface area contributed by atoms with E-state index >= 15 is 0 Å². The number of carbonyl (C=O) groups is 1. The van der Waals surface area contributed by atoms with Gasteiger partial charge >= 0.3 is 5.97 Å². The Morgan fingerprint density at radius 1 is 1.47 bits per heavy atom. The van der Waals surface area contributed by atoms with E-state index in [1.165, 1.54) is 0 Å². The first-order valence-corrected chi connectivity index (χ1v) is 6.94. The number of carbonyl (C=O) groups excluding carboxylic acids is 1. The van der Waals surface area contributed by atoms with E-state index in [9.17, 15) is 4.79 Å². The molecule has 0 aliphatic heterocycles. The van der Waals surface area contributed by atoms with Crippen molar-refractivity contribution in [3.63, 3.8) is 0 Å². The van der Waals surface area contributed by atoms with Gasteiger partial charge in [-0.15, -0.1) is 18.2 Å². The van der Waals surface area contributed by atoms with E-state index in [4.69, 9.17) is 16.3 Å². The van der Waals surface area contributed by atoms with Crippen molar-refractivity contribution >= 4 is 17.6 Å². The maximum atomic E-state index is 11.7. The summed E-state index contributed by atoms with van der Waals surface area (Å²) in [6.07, 6.45) is 3.16. The van der Waals surface area contributed by atoms with Crippen LogP contribution in [0.2, 0.25) is 0 Å². The molecule has 2 nitrogen and oxygen atoms in total. The fourth-order valence-electron chi connectivity index (χ4n) is 2.19. The molecular weight excluding hydrogens is 260 g/mol. The van der Waals surface area contributed by atoms with Gasteiger partial charge < -0.3 is 4.74 Å². The van der Waals surface area contributed by atoms with Crippen LogP contribution in [0.3, 0.4) is 0 Å². The summed E-state index contributed by atoms with van der Waals surface area (Å²) in [5, 5.41) is -0.634. The molecule has 1 rings (SSSR count). The smallest absolute Gasteiger partial charge is 0.324 e. The lowest BCUT2D eigenvalue weighted by atomic mass is 9.76. The number of rotatable bonds is 7. The molecule has 0 N–H and O–H groups in total. The van der Waals surface area contributed by atoms with Crippen molar-refractivity contribution in [1.29, 1.82) is 0 Å². The van der Waals surface area contributed by atoms with Gasteiger partial charge in [-0.2, -0.15) is 0 Å². The first-order valence-electron chi connectivity index (χ1n) is 6.50. The SMILES string of the molecule is C=CCC(C)(CC(Cl)C(=O)OCC)c1ccccc1. The molecule has 2 atom stereocenters. The van der Waals surface area contributed by atoms with Gasteiger partial charge in [-0.05, 0) is 30.7 Å². The minimum atomic E-state index is -0.634. The van der Waals surface area contributed by atoms with E-state index < -0.39 is 5.38 Å². The normalized spacial score (nSPS) is 15.3. The molecule has 19 heavy (non-hydrogen) atoms. The Labute approximate surface area is 120 Å². The Kier molecular flexibility index (Phi) is 6.10. The van der Waals surface area contributed by atoms with Crippen LogP contribution in [0.25, 0.3) is 0 Å². The lowest BCUT2D eigenvalue weighted by molar-refractivity contribution is -0.143. The number of allylic oxidation sites excluding steroid dienone is 1. The maximum absolute atomic E-state index is 11.7. The molecule has 0 aliphatic rings. The summed E-state index contributed by atoms with van der Waals surface area (Å²) in [7, 11) is 0. The number of benzene rings is 1. The van der Waals surface area contributed by atoms with Gasteiger partial charge in [0.05, 0.1) is 6.61 Å². The lowest BCUT2D eigenvalue weighted by Crippen LogP contribution is -2.30. The highest BCUT2D eigenvalue weighted by Gasteiger charge is 2.31. The molecule has 1 aromatic carbocycles. The molecule has 0 aromatic heterocycles. The summed E-state index contributed by atoms with van der Waals surface area (Å²) in [6.45, 7) is 8.03. The third kappa shape index (κ3) is 4.39. The molecular formula is C16H21ClO2. The highest BCUT2D eigenvalue weighted by Crippen LogP contribution is 2.34. The van der Waals surface area contributed by atoms with Gasteiger partial charge in [-0.1, -0.05) is 43.3 Å². The fraction of sp³-hybridized carbons (Fsp3) is 0.438. The summed E-state index contributed by atoms with van der Waals surface area (Å²) in [6, 6.07) is 10.1. The molecule has 0 amide bonds. The summed E-state index contributed by atoms with van der Waals surface area (Å²) in [4.78, 5) is 11.7. The monoisotopic (exact) mass is 280 g/mol. The summed E-state index contributed by atoms with van der Waals surface area (Å²) in [5.74, 6) is -0.351. The molecule has 2 unspecified atom stereocenters. The molecule has 0 spiro atoms. The first kappa shape index (κ1) is 15.8. The third-order valence-electron chi connectivity index (χ3n) is 3.24. The van der Waals surface area contributed by atoms with Crippen molar-refractivity contribution in [2.24, 2.45) is 0 Å². The average molecular weight is 281 g/mol. The van der Waals surface area contributed by atoms with Crippen LogP contribution in [-0.4, -0.2) is 18.0 Å². The molecule has 0 aliphatic carbocycles. The Balaban J connectivity index is 2.88. The number of hydrogen-bond donors (Lipinski definition) is 0. The topological polar surface area (TPSA) is 26.3 Å². The number of ether oxygens (including phenoxy) is 1. The second-order valence-electron chi connectivity index (χ2n) is 4.84. The number of alkyl halides is 1. The molecule has 0 radical (unpaired) electrons. The molecule has 104 valence electrons. The second kappa shape index (κ2) is 7.34. The fourth-order valence-corrected chi connectivity index (χ4v) is 2.59. The molecule has 0 bridgehead atoms. The van der Waals surface area contributed by atoms with Crippen LogP contribution in [-0.2, 0) is 14.9 Å². The Bertz CT molecular complexity index is 416. The Hall–Kier alpha value is -1.28. The molecule has 0 fully saturated rings. The van der Waals surface area contributed by atoms with Crippen molar-refractivity contribution in [3.05, 3.63) is 48.6 Å². The van der Waals surface area contributed by atoms with Crippen LogP contribution in [0.1, 0.15) is 32.3 Å². The van der Waals surface area contributed by atoms with Crippen LogP contribution >= 0.6 is 11.6 Å². The van der Waals surface area contributed by atoms with E-state index in [-0.39, 0.29) is 11.4 Å². The van der Waals surface area contributed by atoms with Gasteiger partial charge in [0.15, 0.2) is 0 Å². The minimum absolute atomic E-state index is 0.206. The molecule has 1 aromatic rings. The summed E-state index contributed by atoms with van der Waals surface area (Å²) < 4.78 is 4.97. The van der Waals surface area contributed by atoms with Gasteiger partial charge in [-0.25, -0.2) is 0 Å². The van der Waals surface area contributed by atoms with Gasteiger partial charge in [0.25, 0.3) is 0 Å². The zero-order valence-electron chi connectivity index (χ0n) is 11.6. The standard InChI is InChI=1S/C16H21ClO2/c1-4-11-16(3,13-9-7-6-8-10-13)12-14(17)15(18)19-5-2/h4,6-10,14H,1,5,11-12H2,2-3H3. The number of esters is 1. The van der Waals surface area contributed by atoms with Gasteiger partial charge in [-0.3, -0.25) is 4.79 Å². The molecule has 0 heterocycles. The highest BCUT2D eigenvalue weighted by atomic mass is 35.5. The first-order chi connectivity index (χ1) is 9.03. The Morgan fingerprint density at radius 3 is 2.63 bits per heavy atom. The highest BCUT2D eigenvalue weighted by molar-refractivity contribution is 6.29. The van der Waals surface area contributed by atoms with E-state index in [1.54, 1.807) is 6.92 Å². The van der Waals surface area contributed by atoms with Crippen molar-refractivity contribution in [2.75, 3.05) is 6.61 Å². The number of hydrogen-bond acceptors (Lipinski definition) is 2. The van der Waals surface area contributed by atoms with E-state index in [2.05, 4.69) is 25.6 Å². The van der Waals surface area contributed by atoms with Gasteiger partial charge in [0.2, 0.25) is 0 Å². The maximum Gasteiger partial charge on any atom is 0.324 e. The van der Waals surface area contributed by atoms with Crippen LogP contribution in [0.15, 0.2) is 43.0 Å². The third-order valence-corrected chi connectivity index (χ3v) is 3.57. The second-order valence-corrected chi connectivity index (χ2v) is 5.37. The zero-order valence-corrected chi connectivity index (χ0v) is 12.3. The number of halogens is 1. The van der Waals surface area contributed by atoms with Crippen LogP contribution < -0.4 is 0 Å². The summed E-state index contributed by atoms with van der Waals surface area (Å²) >= 11 is 6.17. The van der Waals surface area contributed by atoms with Gasteiger partial charge in [0.1, 0.15) is 5.38 Å². The van der Waals surface area contributed by atoms with E-state index in [0.717, 1.165) is 12.0 Å². The Morgan fingerprint density at radius 2 is 2.11 bits per heavy atom.